The first-order valence-electron chi connectivity index (χ1n) is 7.72. The number of nitrogens with one attached hydrogen (secondary N) is 1. The molecule has 1 atom stereocenters. The molecule has 0 spiro atoms. The fraction of sp³-hybridized carbons (Fsp3) is 0.278. The van der Waals surface area contributed by atoms with Crippen LogP contribution in [0, 0.1) is 12.7 Å². The largest absolute Gasteiger partial charge is 0.370 e. The van der Waals surface area contributed by atoms with Gasteiger partial charge in [-0.15, -0.1) is 0 Å². The second kappa shape index (κ2) is 7.20. The molecule has 1 N–H and O–H groups in total. The molecule has 2 aromatic carbocycles. The highest BCUT2D eigenvalue weighted by Gasteiger charge is 2.26. The van der Waals surface area contributed by atoms with Crippen molar-refractivity contribution < 1.29 is 13.9 Å². The maximum Gasteiger partial charge on any atom is 0.322 e. The quantitative estimate of drug-likeness (QED) is 0.874. The molecule has 0 aliphatic carbocycles. The lowest BCUT2D eigenvalue weighted by molar-refractivity contribution is -0.0135. The summed E-state index contributed by atoms with van der Waals surface area (Å²) >= 11 is 6.16. The number of para-hydroxylation sites is 1. The van der Waals surface area contributed by atoms with E-state index in [0.29, 0.717) is 30.4 Å². The zero-order chi connectivity index (χ0) is 17.1. The highest BCUT2D eigenvalue weighted by atomic mass is 35.5. The van der Waals surface area contributed by atoms with E-state index in [0.717, 1.165) is 11.1 Å². The summed E-state index contributed by atoms with van der Waals surface area (Å²) in [5.74, 6) is -0.293. The van der Waals surface area contributed by atoms with Gasteiger partial charge in [-0.1, -0.05) is 35.9 Å². The van der Waals surface area contributed by atoms with Gasteiger partial charge in [-0.05, 0) is 36.2 Å². The van der Waals surface area contributed by atoms with Crippen molar-refractivity contribution in [2.45, 2.75) is 13.0 Å². The van der Waals surface area contributed by atoms with Crippen molar-refractivity contribution in [2.75, 3.05) is 25.0 Å². The highest BCUT2D eigenvalue weighted by molar-refractivity contribution is 6.33. The van der Waals surface area contributed by atoms with E-state index in [1.54, 1.807) is 23.1 Å². The van der Waals surface area contributed by atoms with Crippen LogP contribution in [0.1, 0.15) is 17.2 Å². The van der Waals surface area contributed by atoms with Crippen LogP contribution in [0.4, 0.5) is 14.9 Å². The second-order valence-electron chi connectivity index (χ2n) is 5.72. The molecule has 6 heteroatoms. The molecule has 1 saturated heterocycles. The first-order chi connectivity index (χ1) is 11.5. The summed E-state index contributed by atoms with van der Waals surface area (Å²) in [6.07, 6.45) is -0.266. The molecule has 1 aliphatic rings. The van der Waals surface area contributed by atoms with E-state index in [1.807, 2.05) is 19.1 Å². The standard InChI is InChI=1S/C18H18ClFN2O2/c1-12-3-2-4-15(19)17(12)21-18(23)22-9-10-24-16(11-22)13-5-7-14(20)8-6-13/h2-8,16H,9-11H2,1H3,(H,21,23)/t16-/m1/s1. The summed E-state index contributed by atoms with van der Waals surface area (Å²) in [6, 6.07) is 11.4. The molecule has 3 rings (SSSR count). The van der Waals surface area contributed by atoms with Crippen LogP contribution >= 0.6 is 11.6 Å². The van der Waals surface area contributed by atoms with Gasteiger partial charge in [0.1, 0.15) is 11.9 Å². The van der Waals surface area contributed by atoms with Crippen molar-refractivity contribution in [3.05, 3.63) is 64.4 Å². The topological polar surface area (TPSA) is 41.6 Å². The molecule has 126 valence electrons. The Bertz CT molecular complexity index is 716. The maximum atomic E-state index is 13.0. The van der Waals surface area contributed by atoms with Crippen LogP contribution < -0.4 is 5.32 Å². The zero-order valence-corrected chi connectivity index (χ0v) is 14.0. The van der Waals surface area contributed by atoms with Crippen molar-refractivity contribution >= 4 is 23.3 Å². The first-order valence-corrected chi connectivity index (χ1v) is 8.10. The molecule has 0 saturated carbocycles. The number of aryl methyl sites for hydroxylation is 1. The van der Waals surface area contributed by atoms with Crippen molar-refractivity contribution in [3.8, 4) is 0 Å². The number of anilines is 1. The average molecular weight is 349 g/mol. The Balaban J connectivity index is 1.70. The number of amides is 2. The second-order valence-corrected chi connectivity index (χ2v) is 6.13. The molecule has 1 fully saturated rings. The molecule has 0 aromatic heterocycles. The van der Waals surface area contributed by atoms with Gasteiger partial charge < -0.3 is 15.0 Å². The molecule has 0 unspecified atom stereocenters. The Morgan fingerprint density at radius 3 is 2.75 bits per heavy atom. The van der Waals surface area contributed by atoms with Gasteiger partial charge in [-0.2, -0.15) is 0 Å². The number of carbonyl (C=O) groups is 1. The zero-order valence-electron chi connectivity index (χ0n) is 13.3. The van der Waals surface area contributed by atoms with Crippen molar-refractivity contribution in [2.24, 2.45) is 0 Å². The molecule has 0 radical (unpaired) electrons. The van der Waals surface area contributed by atoms with E-state index in [4.69, 9.17) is 16.3 Å². The Morgan fingerprint density at radius 1 is 1.29 bits per heavy atom. The smallest absolute Gasteiger partial charge is 0.322 e. The predicted octanol–water partition coefficient (Wildman–Crippen LogP) is 4.39. The molecular formula is C18H18ClFN2O2. The van der Waals surface area contributed by atoms with Crippen LogP contribution in [0.25, 0.3) is 0 Å². The van der Waals surface area contributed by atoms with Crippen molar-refractivity contribution in [1.29, 1.82) is 0 Å². The van der Waals surface area contributed by atoms with Gasteiger partial charge in [0.25, 0.3) is 0 Å². The maximum absolute atomic E-state index is 13.0. The Kier molecular flexibility index (Phi) is 5.02. The number of nitrogens with zero attached hydrogens (tertiary/aromatic N) is 1. The molecule has 4 nitrogen and oxygen atoms in total. The number of hydrogen-bond donors (Lipinski definition) is 1. The summed E-state index contributed by atoms with van der Waals surface area (Å²) in [4.78, 5) is 14.2. The molecule has 1 aliphatic heterocycles. The normalized spacial score (nSPS) is 17.6. The SMILES string of the molecule is Cc1cccc(Cl)c1NC(=O)N1CCO[C@@H](c2ccc(F)cc2)C1. The van der Waals surface area contributed by atoms with E-state index in [1.165, 1.54) is 12.1 Å². The van der Waals surface area contributed by atoms with Gasteiger partial charge in [0, 0.05) is 6.54 Å². The third-order valence-corrected chi connectivity index (χ3v) is 4.36. The lowest BCUT2D eigenvalue weighted by atomic mass is 10.1. The molecule has 2 aromatic rings. The van der Waals surface area contributed by atoms with Gasteiger partial charge in [-0.25, -0.2) is 9.18 Å². The lowest BCUT2D eigenvalue weighted by Crippen LogP contribution is -2.44. The van der Waals surface area contributed by atoms with E-state index in [-0.39, 0.29) is 18.0 Å². The van der Waals surface area contributed by atoms with Gasteiger partial charge in [-0.3, -0.25) is 0 Å². The fourth-order valence-electron chi connectivity index (χ4n) is 2.69. The predicted molar refractivity (Wildman–Crippen MR) is 91.9 cm³/mol. The van der Waals surface area contributed by atoms with E-state index in [9.17, 15) is 9.18 Å². The Hall–Kier alpha value is -2.11. The van der Waals surface area contributed by atoms with Crippen LogP contribution in [0.5, 0.6) is 0 Å². The van der Waals surface area contributed by atoms with E-state index < -0.39 is 0 Å². The number of morpholine rings is 1. The van der Waals surface area contributed by atoms with Crippen LogP contribution in [-0.4, -0.2) is 30.6 Å². The summed E-state index contributed by atoms with van der Waals surface area (Å²) in [5, 5.41) is 3.38. The molecule has 0 bridgehead atoms. The Morgan fingerprint density at radius 2 is 2.04 bits per heavy atom. The summed E-state index contributed by atoms with van der Waals surface area (Å²) in [7, 11) is 0. The molecule has 24 heavy (non-hydrogen) atoms. The van der Waals surface area contributed by atoms with E-state index >= 15 is 0 Å². The van der Waals surface area contributed by atoms with Crippen LogP contribution in [0.15, 0.2) is 42.5 Å². The van der Waals surface area contributed by atoms with Crippen molar-refractivity contribution in [3.63, 3.8) is 0 Å². The minimum absolute atomic E-state index is 0.221. The number of rotatable bonds is 2. The summed E-state index contributed by atoms with van der Waals surface area (Å²) in [6.45, 7) is 3.22. The summed E-state index contributed by atoms with van der Waals surface area (Å²) in [5.41, 5.74) is 2.37. The monoisotopic (exact) mass is 348 g/mol. The fourth-order valence-corrected chi connectivity index (χ4v) is 2.96. The minimum Gasteiger partial charge on any atom is -0.370 e. The van der Waals surface area contributed by atoms with Gasteiger partial charge >= 0.3 is 6.03 Å². The average Bonchev–Trinajstić information content (AvgIpc) is 2.59. The summed E-state index contributed by atoms with van der Waals surface area (Å²) < 4.78 is 18.8. The van der Waals surface area contributed by atoms with Crippen LogP contribution in [0.2, 0.25) is 5.02 Å². The number of urea groups is 1. The number of hydrogen-bond acceptors (Lipinski definition) is 2. The number of benzene rings is 2. The number of halogens is 2. The number of ether oxygens (including phenoxy) is 1. The van der Waals surface area contributed by atoms with Crippen LogP contribution in [-0.2, 0) is 4.74 Å². The van der Waals surface area contributed by atoms with Crippen LogP contribution in [0.3, 0.4) is 0 Å². The minimum atomic E-state index is -0.293. The van der Waals surface area contributed by atoms with Gasteiger partial charge in [0.05, 0.1) is 23.9 Å². The number of carbonyl (C=O) groups excluding carboxylic acids is 1. The third kappa shape index (κ3) is 3.68. The first kappa shape index (κ1) is 16.7. The van der Waals surface area contributed by atoms with Crippen molar-refractivity contribution in [1.82, 2.24) is 4.90 Å². The highest BCUT2D eigenvalue weighted by Crippen LogP contribution is 2.27. The Labute approximate surface area is 145 Å². The molecule has 1 heterocycles. The molecular weight excluding hydrogens is 331 g/mol. The van der Waals surface area contributed by atoms with E-state index in [2.05, 4.69) is 5.32 Å². The van der Waals surface area contributed by atoms with Gasteiger partial charge in [0.2, 0.25) is 0 Å². The lowest BCUT2D eigenvalue weighted by Gasteiger charge is -2.33. The van der Waals surface area contributed by atoms with Gasteiger partial charge in [0.15, 0.2) is 0 Å². The third-order valence-electron chi connectivity index (χ3n) is 4.05. The molecule has 2 amide bonds.